The van der Waals surface area contributed by atoms with Crippen LogP contribution in [0.4, 0.5) is 0 Å². The van der Waals surface area contributed by atoms with Crippen molar-refractivity contribution in [1.29, 1.82) is 0 Å². The van der Waals surface area contributed by atoms with Crippen molar-refractivity contribution in [2.75, 3.05) is 39.9 Å². The van der Waals surface area contributed by atoms with Crippen LogP contribution < -0.4 is 5.32 Å². The van der Waals surface area contributed by atoms with E-state index in [9.17, 15) is 0 Å². The number of nitrogens with zero attached hydrogens (tertiary/aromatic N) is 1. The average Bonchev–Trinajstić information content (AvgIpc) is 2.42. The third-order valence-electron chi connectivity index (χ3n) is 3.58. The molecule has 0 aromatic heterocycles. The molecule has 2 rings (SSSR count). The van der Waals surface area contributed by atoms with Crippen LogP contribution >= 0.6 is 0 Å². The molecule has 1 atom stereocenters. The lowest BCUT2D eigenvalue weighted by atomic mass is 10.0. The summed E-state index contributed by atoms with van der Waals surface area (Å²) in [6.07, 6.45) is 2.27. The molecular formula is C15H24N2O. The number of rotatable bonds is 6. The monoisotopic (exact) mass is 248 g/mol. The van der Waals surface area contributed by atoms with Crippen molar-refractivity contribution in [2.45, 2.75) is 18.9 Å². The van der Waals surface area contributed by atoms with Gasteiger partial charge in [-0.15, -0.1) is 0 Å². The molecule has 1 heterocycles. The third-order valence-corrected chi connectivity index (χ3v) is 3.58. The van der Waals surface area contributed by atoms with Gasteiger partial charge in [-0.2, -0.15) is 0 Å². The van der Waals surface area contributed by atoms with Gasteiger partial charge in [0.05, 0.1) is 0 Å². The molecule has 1 aliphatic heterocycles. The molecule has 0 amide bonds. The van der Waals surface area contributed by atoms with Crippen LogP contribution in [-0.2, 0) is 11.2 Å². The zero-order chi connectivity index (χ0) is 12.6. The topological polar surface area (TPSA) is 24.5 Å². The summed E-state index contributed by atoms with van der Waals surface area (Å²) in [5.41, 5.74) is 1.43. The highest BCUT2D eigenvalue weighted by molar-refractivity contribution is 5.16. The molecule has 18 heavy (non-hydrogen) atoms. The molecule has 1 saturated heterocycles. The standard InChI is InChI=1S/C15H24N2O/c1-18-11-5-9-17-10-8-16-13-15(17)12-14-6-3-2-4-7-14/h2-4,6-7,15-16H,5,8-13H2,1H3. The van der Waals surface area contributed by atoms with Crippen molar-refractivity contribution in [3.63, 3.8) is 0 Å². The van der Waals surface area contributed by atoms with Crippen molar-refractivity contribution >= 4 is 0 Å². The van der Waals surface area contributed by atoms with Gasteiger partial charge in [0.15, 0.2) is 0 Å². The number of ether oxygens (including phenoxy) is 1. The van der Waals surface area contributed by atoms with Gasteiger partial charge < -0.3 is 10.1 Å². The molecule has 1 N–H and O–H groups in total. The van der Waals surface area contributed by atoms with Gasteiger partial charge in [-0.05, 0) is 18.4 Å². The Morgan fingerprint density at radius 1 is 1.33 bits per heavy atom. The van der Waals surface area contributed by atoms with E-state index in [0.29, 0.717) is 6.04 Å². The number of hydrogen-bond donors (Lipinski definition) is 1. The van der Waals surface area contributed by atoms with E-state index in [0.717, 1.165) is 45.6 Å². The zero-order valence-electron chi connectivity index (χ0n) is 11.3. The Kier molecular flexibility index (Phi) is 5.65. The summed E-state index contributed by atoms with van der Waals surface area (Å²) in [6.45, 7) is 5.37. The van der Waals surface area contributed by atoms with Gasteiger partial charge in [-0.3, -0.25) is 4.90 Å². The second-order valence-corrected chi connectivity index (χ2v) is 4.93. The van der Waals surface area contributed by atoms with E-state index in [1.54, 1.807) is 7.11 Å². The van der Waals surface area contributed by atoms with Crippen molar-refractivity contribution in [3.8, 4) is 0 Å². The van der Waals surface area contributed by atoms with Gasteiger partial charge >= 0.3 is 0 Å². The quantitative estimate of drug-likeness (QED) is 0.773. The fourth-order valence-corrected chi connectivity index (χ4v) is 2.60. The van der Waals surface area contributed by atoms with Crippen molar-refractivity contribution in [1.82, 2.24) is 10.2 Å². The molecule has 1 unspecified atom stereocenters. The summed E-state index contributed by atoms with van der Waals surface area (Å²) in [6, 6.07) is 11.4. The Labute approximate surface area is 110 Å². The third kappa shape index (κ3) is 4.09. The van der Waals surface area contributed by atoms with E-state index >= 15 is 0 Å². The van der Waals surface area contributed by atoms with Gasteiger partial charge in [0.2, 0.25) is 0 Å². The molecule has 1 aliphatic rings. The lowest BCUT2D eigenvalue weighted by Gasteiger charge is -2.36. The summed E-state index contributed by atoms with van der Waals surface area (Å²) in [4.78, 5) is 2.60. The number of hydrogen-bond acceptors (Lipinski definition) is 3. The molecule has 0 radical (unpaired) electrons. The molecule has 100 valence electrons. The number of benzene rings is 1. The first-order chi connectivity index (χ1) is 8.90. The predicted octanol–water partition coefficient (Wildman–Crippen LogP) is 1.54. The van der Waals surface area contributed by atoms with Crippen LogP contribution in [0.1, 0.15) is 12.0 Å². The summed E-state index contributed by atoms with van der Waals surface area (Å²) < 4.78 is 5.14. The Balaban J connectivity index is 1.87. The Morgan fingerprint density at radius 2 is 2.17 bits per heavy atom. The molecule has 0 saturated carbocycles. The summed E-state index contributed by atoms with van der Waals surface area (Å²) in [5.74, 6) is 0. The zero-order valence-corrected chi connectivity index (χ0v) is 11.3. The maximum absolute atomic E-state index is 5.14. The number of piperazine rings is 1. The molecular weight excluding hydrogens is 224 g/mol. The highest BCUT2D eigenvalue weighted by atomic mass is 16.5. The first kappa shape index (κ1) is 13.5. The normalized spacial score (nSPS) is 21.1. The van der Waals surface area contributed by atoms with E-state index in [4.69, 9.17) is 4.74 Å². The smallest absolute Gasteiger partial charge is 0.0474 e. The lowest BCUT2D eigenvalue weighted by molar-refractivity contribution is 0.130. The molecule has 1 fully saturated rings. The largest absolute Gasteiger partial charge is 0.385 e. The highest BCUT2D eigenvalue weighted by Crippen LogP contribution is 2.11. The van der Waals surface area contributed by atoms with Gasteiger partial charge in [0.25, 0.3) is 0 Å². The second-order valence-electron chi connectivity index (χ2n) is 4.93. The Morgan fingerprint density at radius 3 is 2.94 bits per heavy atom. The predicted molar refractivity (Wildman–Crippen MR) is 74.9 cm³/mol. The molecule has 3 nitrogen and oxygen atoms in total. The molecule has 1 aromatic carbocycles. The van der Waals surface area contributed by atoms with Crippen LogP contribution in [0.25, 0.3) is 0 Å². The average molecular weight is 248 g/mol. The first-order valence-corrected chi connectivity index (χ1v) is 6.88. The molecule has 0 spiro atoms. The van der Waals surface area contributed by atoms with Gasteiger partial charge in [0, 0.05) is 45.9 Å². The summed E-state index contributed by atoms with van der Waals surface area (Å²) >= 11 is 0. The summed E-state index contributed by atoms with van der Waals surface area (Å²) in [7, 11) is 1.78. The Hall–Kier alpha value is -0.900. The van der Waals surface area contributed by atoms with Crippen LogP contribution in [0.15, 0.2) is 30.3 Å². The van der Waals surface area contributed by atoms with Crippen LogP contribution in [0, 0.1) is 0 Å². The maximum atomic E-state index is 5.14. The first-order valence-electron chi connectivity index (χ1n) is 6.88. The second kappa shape index (κ2) is 7.52. The minimum atomic E-state index is 0.623. The SMILES string of the molecule is COCCCN1CCNCC1Cc1ccccc1. The van der Waals surface area contributed by atoms with Gasteiger partial charge in [-0.1, -0.05) is 30.3 Å². The maximum Gasteiger partial charge on any atom is 0.0474 e. The number of nitrogens with one attached hydrogen (secondary N) is 1. The fraction of sp³-hybridized carbons (Fsp3) is 0.600. The lowest BCUT2D eigenvalue weighted by Crippen LogP contribution is -2.52. The number of methoxy groups -OCH3 is 1. The van der Waals surface area contributed by atoms with Gasteiger partial charge in [0.1, 0.15) is 0 Å². The van der Waals surface area contributed by atoms with Crippen LogP contribution in [0.5, 0.6) is 0 Å². The van der Waals surface area contributed by atoms with Crippen LogP contribution in [-0.4, -0.2) is 50.8 Å². The van der Waals surface area contributed by atoms with Crippen LogP contribution in [0.2, 0.25) is 0 Å². The van der Waals surface area contributed by atoms with E-state index in [1.165, 1.54) is 5.56 Å². The summed E-state index contributed by atoms with van der Waals surface area (Å²) in [5, 5.41) is 3.50. The van der Waals surface area contributed by atoms with Gasteiger partial charge in [-0.25, -0.2) is 0 Å². The van der Waals surface area contributed by atoms with Crippen molar-refractivity contribution in [3.05, 3.63) is 35.9 Å². The van der Waals surface area contributed by atoms with E-state index in [-0.39, 0.29) is 0 Å². The minimum absolute atomic E-state index is 0.623. The minimum Gasteiger partial charge on any atom is -0.385 e. The molecule has 1 aromatic rings. The van der Waals surface area contributed by atoms with Crippen molar-refractivity contribution in [2.24, 2.45) is 0 Å². The molecule has 3 heteroatoms. The van der Waals surface area contributed by atoms with Crippen LogP contribution in [0.3, 0.4) is 0 Å². The molecule has 0 bridgehead atoms. The fourth-order valence-electron chi connectivity index (χ4n) is 2.60. The Bertz CT molecular complexity index is 329. The molecule has 0 aliphatic carbocycles. The highest BCUT2D eigenvalue weighted by Gasteiger charge is 2.21. The van der Waals surface area contributed by atoms with Crippen molar-refractivity contribution < 1.29 is 4.74 Å². The van der Waals surface area contributed by atoms with E-state index in [2.05, 4.69) is 40.5 Å². The van der Waals surface area contributed by atoms with E-state index < -0.39 is 0 Å². The van der Waals surface area contributed by atoms with E-state index in [1.807, 2.05) is 0 Å².